The van der Waals surface area contributed by atoms with Crippen LogP contribution < -0.4 is 15.4 Å². The molecule has 8 heteroatoms. The fourth-order valence-corrected chi connectivity index (χ4v) is 2.90. The lowest BCUT2D eigenvalue weighted by Crippen LogP contribution is -2.36. The SMILES string of the molecule is CN=C(NCc1cc2ccccc2[nH]1)NCc1cc(Cl)ccc1OC(F)F. The van der Waals surface area contributed by atoms with E-state index in [1.165, 1.54) is 12.1 Å². The summed E-state index contributed by atoms with van der Waals surface area (Å²) in [6, 6.07) is 14.6. The molecule has 0 aliphatic carbocycles. The van der Waals surface area contributed by atoms with Gasteiger partial charge in [-0.25, -0.2) is 0 Å². The van der Waals surface area contributed by atoms with Gasteiger partial charge in [0.2, 0.25) is 0 Å². The van der Waals surface area contributed by atoms with E-state index < -0.39 is 6.61 Å². The summed E-state index contributed by atoms with van der Waals surface area (Å²) in [5, 5.41) is 7.82. The number of rotatable bonds is 6. The van der Waals surface area contributed by atoms with Gasteiger partial charge in [0.05, 0.1) is 6.54 Å². The highest BCUT2D eigenvalue weighted by atomic mass is 35.5. The van der Waals surface area contributed by atoms with E-state index in [9.17, 15) is 8.78 Å². The molecule has 0 saturated heterocycles. The number of guanidine groups is 1. The van der Waals surface area contributed by atoms with Crippen molar-refractivity contribution >= 4 is 28.5 Å². The second-order valence-electron chi connectivity index (χ2n) is 5.79. The van der Waals surface area contributed by atoms with Crippen molar-refractivity contribution in [1.29, 1.82) is 0 Å². The highest BCUT2D eigenvalue weighted by Crippen LogP contribution is 2.24. The number of nitrogens with zero attached hydrogens (tertiary/aromatic N) is 1. The van der Waals surface area contributed by atoms with E-state index in [1.54, 1.807) is 13.1 Å². The number of nitrogens with one attached hydrogen (secondary N) is 3. The number of para-hydroxylation sites is 1. The third-order valence-electron chi connectivity index (χ3n) is 3.94. The molecule has 3 N–H and O–H groups in total. The predicted octanol–water partition coefficient (Wildman–Crippen LogP) is 4.29. The minimum absolute atomic E-state index is 0.0768. The largest absolute Gasteiger partial charge is 0.434 e. The summed E-state index contributed by atoms with van der Waals surface area (Å²) in [5.74, 6) is 0.601. The molecule has 0 aliphatic rings. The summed E-state index contributed by atoms with van der Waals surface area (Å²) >= 11 is 5.96. The van der Waals surface area contributed by atoms with Crippen LogP contribution >= 0.6 is 11.6 Å². The Morgan fingerprint density at radius 3 is 2.67 bits per heavy atom. The molecule has 3 aromatic rings. The lowest BCUT2D eigenvalue weighted by atomic mass is 10.2. The Morgan fingerprint density at radius 1 is 1.15 bits per heavy atom. The zero-order chi connectivity index (χ0) is 19.2. The lowest BCUT2D eigenvalue weighted by Gasteiger charge is -2.14. The van der Waals surface area contributed by atoms with Gasteiger partial charge in [-0.2, -0.15) is 8.78 Å². The highest BCUT2D eigenvalue weighted by Gasteiger charge is 2.11. The van der Waals surface area contributed by atoms with Crippen molar-refractivity contribution < 1.29 is 13.5 Å². The van der Waals surface area contributed by atoms with Crippen molar-refractivity contribution in [3.63, 3.8) is 0 Å². The molecule has 0 saturated carbocycles. The Hall–Kier alpha value is -2.80. The molecule has 2 aromatic carbocycles. The number of hydrogen-bond acceptors (Lipinski definition) is 2. The molecule has 0 unspecified atom stereocenters. The van der Waals surface area contributed by atoms with E-state index in [0.717, 1.165) is 16.6 Å². The van der Waals surface area contributed by atoms with Crippen LogP contribution in [0.1, 0.15) is 11.3 Å². The standard InChI is InChI=1S/C19H19ClF2N4O/c1-23-19(25-11-15-9-12-4-2-3-5-16(12)26-15)24-10-13-8-14(20)6-7-17(13)27-18(21)22/h2-9,18,26H,10-11H2,1H3,(H2,23,24,25). The van der Waals surface area contributed by atoms with Crippen molar-refractivity contribution in [2.24, 2.45) is 4.99 Å². The van der Waals surface area contributed by atoms with E-state index >= 15 is 0 Å². The molecule has 0 bridgehead atoms. The molecule has 0 atom stereocenters. The van der Waals surface area contributed by atoms with Crippen LogP contribution in [0.15, 0.2) is 53.5 Å². The fourth-order valence-electron chi connectivity index (χ4n) is 2.70. The monoisotopic (exact) mass is 392 g/mol. The van der Waals surface area contributed by atoms with Crippen LogP contribution in [0.2, 0.25) is 5.02 Å². The average molecular weight is 393 g/mol. The molecule has 0 aliphatic heterocycles. The molecule has 1 heterocycles. The molecule has 5 nitrogen and oxygen atoms in total. The number of aliphatic imine (C=N–C) groups is 1. The number of fused-ring (bicyclic) bond motifs is 1. The quantitative estimate of drug-likeness (QED) is 0.433. The van der Waals surface area contributed by atoms with Gasteiger partial charge in [0.15, 0.2) is 5.96 Å². The molecule has 3 rings (SSSR count). The summed E-state index contributed by atoms with van der Waals surface area (Å²) in [7, 11) is 1.63. The number of H-pyrrole nitrogens is 1. The highest BCUT2D eigenvalue weighted by molar-refractivity contribution is 6.30. The second kappa shape index (κ2) is 8.73. The normalized spacial score (nSPS) is 11.8. The minimum atomic E-state index is -2.90. The minimum Gasteiger partial charge on any atom is -0.434 e. The zero-order valence-corrected chi connectivity index (χ0v) is 15.4. The number of aromatic amines is 1. The van der Waals surface area contributed by atoms with Crippen LogP contribution in [0.25, 0.3) is 10.9 Å². The smallest absolute Gasteiger partial charge is 0.387 e. The summed E-state index contributed by atoms with van der Waals surface area (Å²) in [5.41, 5.74) is 2.57. The van der Waals surface area contributed by atoms with Gasteiger partial charge in [-0.3, -0.25) is 4.99 Å². The first kappa shape index (κ1) is 19.0. The summed E-state index contributed by atoms with van der Waals surface area (Å²) in [6.45, 7) is -2.14. The van der Waals surface area contributed by atoms with Crippen molar-refractivity contribution in [3.8, 4) is 5.75 Å². The Morgan fingerprint density at radius 2 is 1.93 bits per heavy atom. The first-order valence-corrected chi connectivity index (χ1v) is 8.67. The Kier molecular flexibility index (Phi) is 6.13. The predicted molar refractivity (Wildman–Crippen MR) is 103 cm³/mol. The third-order valence-corrected chi connectivity index (χ3v) is 4.18. The van der Waals surface area contributed by atoms with Crippen molar-refractivity contribution in [3.05, 3.63) is 64.8 Å². The van der Waals surface area contributed by atoms with Gasteiger partial charge in [-0.15, -0.1) is 0 Å². The maximum Gasteiger partial charge on any atom is 0.387 e. The molecule has 0 amide bonds. The second-order valence-corrected chi connectivity index (χ2v) is 6.23. The first-order chi connectivity index (χ1) is 13.0. The Balaban J connectivity index is 1.61. The van der Waals surface area contributed by atoms with Crippen LogP contribution in [-0.2, 0) is 13.1 Å². The van der Waals surface area contributed by atoms with Gasteiger partial charge < -0.3 is 20.4 Å². The van der Waals surface area contributed by atoms with Crippen LogP contribution in [0.4, 0.5) is 8.78 Å². The van der Waals surface area contributed by atoms with Crippen molar-refractivity contribution in [2.75, 3.05) is 7.05 Å². The topological polar surface area (TPSA) is 61.4 Å². The summed E-state index contributed by atoms with van der Waals surface area (Å²) in [4.78, 5) is 7.46. The Labute approximate surface area is 160 Å². The summed E-state index contributed by atoms with van der Waals surface area (Å²) in [6.07, 6.45) is 0. The van der Waals surface area contributed by atoms with Crippen LogP contribution in [0.3, 0.4) is 0 Å². The maximum absolute atomic E-state index is 12.5. The van der Waals surface area contributed by atoms with Crippen LogP contribution in [-0.4, -0.2) is 24.6 Å². The number of aromatic nitrogens is 1. The number of halogens is 3. The van der Waals surface area contributed by atoms with Crippen LogP contribution in [0.5, 0.6) is 5.75 Å². The maximum atomic E-state index is 12.5. The van der Waals surface area contributed by atoms with Crippen LogP contribution in [0, 0.1) is 0 Å². The number of ether oxygens (including phenoxy) is 1. The molecule has 0 fully saturated rings. The molecule has 27 heavy (non-hydrogen) atoms. The van der Waals surface area contributed by atoms with E-state index in [0.29, 0.717) is 23.1 Å². The van der Waals surface area contributed by atoms with Crippen molar-refractivity contribution in [2.45, 2.75) is 19.7 Å². The molecular weight excluding hydrogens is 374 g/mol. The third kappa shape index (κ3) is 5.10. The van der Waals surface area contributed by atoms with Gasteiger partial charge >= 0.3 is 6.61 Å². The molecular formula is C19H19ClF2N4O. The van der Waals surface area contributed by atoms with E-state index in [-0.39, 0.29) is 12.3 Å². The lowest BCUT2D eigenvalue weighted by molar-refractivity contribution is -0.0504. The number of benzene rings is 2. The molecule has 1 aromatic heterocycles. The first-order valence-electron chi connectivity index (χ1n) is 8.29. The van der Waals surface area contributed by atoms with E-state index in [1.807, 2.05) is 24.3 Å². The number of alkyl halides is 2. The number of hydrogen-bond donors (Lipinski definition) is 3. The molecule has 0 spiro atoms. The van der Waals surface area contributed by atoms with Gasteiger partial charge in [-0.1, -0.05) is 29.8 Å². The van der Waals surface area contributed by atoms with Gasteiger partial charge in [0.25, 0.3) is 0 Å². The zero-order valence-electron chi connectivity index (χ0n) is 14.6. The van der Waals surface area contributed by atoms with E-state index in [4.69, 9.17) is 11.6 Å². The summed E-state index contributed by atoms with van der Waals surface area (Å²) < 4.78 is 29.6. The van der Waals surface area contributed by atoms with Crippen molar-refractivity contribution in [1.82, 2.24) is 15.6 Å². The average Bonchev–Trinajstić information content (AvgIpc) is 3.06. The van der Waals surface area contributed by atoms with Gasteiger partial charge in [0.1, 0.15) is 5.75 Å². The molecule has 142 valence electrons. The Bertz CT molecular complexity index is 909. The van der Waals surface area contributed by atoms with Gasteiger partial charge in [0, 0.05) is 35.4 Å². The van der Waals surface area contributed by atoms with Gasteiger partial charge in [-0.05, 0) is 35.7 Å². The van der Waals surface area contributed by atoms with E-state index in [2.05, 4.69) is 31.4 Å². The fraction of sp³-hybridized carbons (Fsp3) is 0.211. The molecule has 0 radical (unpaired) electrons.